The molecule has 2 fully saturated rings. The highest BCUT2D eigenvalue weighted by atomic mass is 16.5. The van der Waals surface area contributed by atoms with Gasteiger partial charge in [0.1, 0.15) is 11.3 Å². The van der Waals surface area contributed by atoms with Crippen molar-refractivity contribution in [3.05, 3.63) is 24.2 Å². The van der Waals surface area contributed by atoms with Crippen LogP contribution < -0.4 is 5.32 Å². The topological polar surface area (TPSA) is 61.2 Å². The van der Waals surface area contributed by atoms with Gasteiger partial charge in [0.25, 0.3) is 0 Å². The molecule has 2 saturated heterocycles. The first-order chi connectivity index (χ1) is 13.2. The Kier molecular flexibility index (Phi) is 5.76. The van der Waals surface area contributed by atoms with Gasteiger partial charge in [-0.05, 0) is 50.2 Å². The average molecular weight is 373 g/mol. The third kappa shape index (κ3) is 4.33. The molecule has 1 spiro atoms. The SMILES string of the molecule is CC(C)CCn1c(CNC2CCOC3(CCOCC3)C2)nc2cccnc21. The Labute approximate surface area is 161 Å². The third-order valence-electron chi connectivity index (χ3n) is 5.96. The normalized spacial score (nSPS) is 22.7. The lowest BCUT2D eigenvalue weighted by Crippen LogP contribution is -2.49. The molecule has 27 heavy (non-hydrogen) atoms. The largest absolute Gasteiger partial charge is 0.381 e. The highest BCUT2D eigenvalue weighted by Gasteiger charge is 2.38. The molecular formula is C21H32N4O2. The molecule has 0 amide bonds. The van der Waals surface area contributed by atoms with Crippen LogP contribution in [-0.4, -0.2) is 46.0 Å². The van der Waals surface area contributed by atoms with E-state index in [2.05, 4.69) is 34.8 Å². The molecule has 2 aromatic heterocycles. The van der Waals surface area contributed by atoms with E-state index in [9.17, 15) is 0 Å². The first kappa shape index (κ1) is 18.8. The van der Waals surface area contributed by atoms with Crippen molar-refractivity contribution >= 4 is 11.2 Å². The number of fused-ring (bicyclic) bond motifs is 1. The number of ether oxygens (including phenoxy) is 2. The molecule has 6 heteroatoms. The average Bonchev–Trinajstić information content (AvgIpc) is 3.03. The van der Waals surface area contributed by atoms with Crippen molar-refractivity contribution in [3.63, 3.8) is 0 Å². The molecule has 4 heterocycles. The molecule has 148 valence electrons. The number of imidazole rings is 1. The smallest absolute Gasteiger partial charge is 0.160 e. The Morgan fingerprint density at radius 3 is 2.96 bits per heavy atom. The second-order valence-electron chi connectivity index (χ2n) is 8.42. The number of nitrogens with zero attached hydrogens (tertiary/aromatic N) is 3. The predicted molar refractivity (Wildman–Crippen MR) is 106 cm³/mol. The number of hydrogen-bond acceptors (Lipinski definition) is 5. The number of hydrogen-bond donors (Lipinski definition) is 1. The lowest BCUT2D eigenvalue weighted by Gasteiger charge is -2.43. The quantitative estimate of drug-likeness (QED) is 0.843. The second-order valence-corrected chi connectivity index (χ2v) is 8.42. The first-order valence-corrected chi connectivity index (χ1v) is 10.4. The maximum atomic E-state index is 6.17. The minimum Gasteiger partial charge on any atom is -0.381 e. The summed E-state index contributed by atoms with van der Waals surface area (Å²) >= 11 is 0. The van der Waals surface area contributed by atoms with E-state index in [4.69, 9.17) is 14.5 Å². The van der Waals surface area contributed by atoms with Crippen molar-refractivity contribution in [2.24, 2.45) is 5.92 Å². The van der Waals surface area contributed by atoms with E-state index in [1.165, 1.54) is 0 Å². The van der Waals surface area contributed by atoms with Crippen LogP contribution in [0.1, 0.15) is 51.8 Å². The van der Waals surface area contributed by atoms with Crippen LogP contribution in [0.2, 0.25) is 0 Å². The fourth-order valence-electron chi connectivity index (χ4n) is 4.29. The van der Waals surface area contributed by atoms with Gasteiger partial charge < -0.3 is 19.4 Å². The second kappa shape index (κ2) is 8.25. The molecule has 0 bridgehead atoms. The summed E-state index contributed by atoms with van der Waals surface area (Å²) in [5.41, 5.74) is 2.02. The maximum Gasteiger partial charge on any atom is 0.160 e. The van der Waals surface area contributed by atoms with Gasteiger partial charge in [0.2, 0.25) is 0 Å². The molecule has 1 unspecified atom stereocenters. The highest BCUT2D eigenvalue weighted by molar-refractivity contribution is 5.71. The minimum absolute atomic E-state index is 0.0213. The van der Waals surface area contributed by atoms with E-state index in [1.807, 2.05) is 12.3 Å². The van der Waals surface area contributed by atoms with Crippen LogP contribution in [0.4, 0.5) is 0 Å². The number of aromatic nitrogens is 3. The maximum absolute atomic E-state index is 6.17. The minimum atomic E-state index is 0.0213. The number of nitrogens with one attached hydrogen (secondary N) is 1. The van der Waals surface area contributed by atoms with E-state index in [-0.39, 0.29) is 5.60 Å². The van der Waals surface area contributed by atoms with Crippen molar-refractivity contribution < 1.29 is 9.47 Å². The molecule has 2 aliphatic rings. The van der Waals surface area contributed by atoms with E-state index < -0.39 is 0 Å². The molecule has 0 saturated carbocycles. The van der Waals surface area contributed by atoms with Crippen LogP contribution in [0, 0.1) is 5.92 Å². The van der Waals surface area contributed by atoms with Crippen molar-refractivity contribution in [1.29, 1.82) is 0 Å². The molecule has 6 nitrogen and oxygen atoms in total. The van der Waals surface area contributed by atoms with Gasteiger partial charge in [-0.3, -0.25) is 0 Å². The zero-order chi connectivity index (χ0) is 18.7. The Morgan fingerprint density at radius 2 is 2.15 bits per heavy atom. The summed E-state index contributed by atoms with van der Waals surface area (Å²) in [5.74, 6) is 1.76. The zero-order valence-corrected chi connectivity index (χ0v) is 16.6. The van der Waals surface area contributed by atoms with Gasteiger partial charge in [-0.1, -0.05) is 13.8 Å². The number of pyridine rings is 1. The summed E-state index contributed by atoms with van der Waals surface area (Å²) in [7, 11) is 0. The highest BCUT2D eigenvalue weighted by Crippen LogP contribution is 2.34. The number of rotatable bonds is 6. The van der Waals surface area contributed by atoms with Crippen molar-refractivity contribution in [2.45, 2.75) is 70.7 Å². The molecule has 0 aliphatic carbocycles. The van der Waals surface area contributed by atoms with Gasteiger partial charge in [0.05, 0.1) is 12.1 Å². The summed E-state index contributed by atoms with van der Waals surface area (Å²) in [5, 5.41) is 3.77. The van der Waals surface area contributed by atoms with Gasteiger partial charge in [-0.25, -0.2) is 9.97 Å². The Hall–Kier alpha value is -1.50. The van der Waals surface area contributed by atoms with Gasteiger partial charge in [0.15, 0.2) is 5.65 Å². The van der Waals surface area contributed by atoms with Crippen LogP contribution in [0.15, 0.2) is 18.3 Å². The van der Waals surface area contributed by atoms with Crippen molar-refractivity contribution in [1.82, 2.24) is 19.9 Å². The molecule has 2 aliphatic heterocycles. The van der Waals surface area contributed by atoms with Crippen LogP contribution in [0.25, 0.3) is 11.2 Å². The van der Waals surface area contributed by atoms with E-state index in [0.717, 1.165) is 82.0 Å². The molecule has 2 aromatic rings. The summed E-state index contributed by atoms with van der Waals surface area (Å²) < 4.78 is 14.0. The van der Waals surface area contributed by atoms with Gasteiger partial charge in [0, 0.05) is 38.6 Å². The summed E-state index contributed by atoms with van der Waals surface area (Å²) in [6, 6.07) is 4.50. The van der Waals surface area contributed by atoms with Gasteiger partial charge >= 0.3 is 0 Å². The van der Waals surface area contributed by atoms with Crippen molar-refractivity contribution in [3.8, 4) is 0 Å². The van der Waals surface area contributed by atoms with Crippen LogP contribution >= 0.6 is 0 Å². The predicted octanol–water partition coefficient (Wildman–Crippen LogP) is 3.30. The molecule has 0 radical (unpaired) electrons. The van der Waals surface area contributed by atoms with E-state index >= 15 is 0 Å². The van der Waals surface area contributed by atoms with E-state index in [0.29, 0.717) is 12.0 Å². The lowest BCUT2D eigenvalue weighted by molar-refractivity contribution is -0.140. The van der Waals surface area contributed by atoms with Gasteiger partial charge in [-0.15, -0.1) is 0 Å². The molecular weight excluding hydrogens is 340 g/mol. The molecule has 1 atom stereocenters. The molecule has 4 rings (SSSR count). The van der Waals surface area contributed by atoms with Crippen LogP contribution in [0.5, 0.6) is 0 Å². The standard InChI is InChI=1S/C21H32N4O2/c1-16(2)5-10-25-19(24-18-4-3-9-22-20(18)25)15-23-17-6-11-27-21(14-17)7-12-26-13-8-21/h3-4,9,16-17,23H,5-8,10-15H2,1-2H3. The summed E-state index contributed by atoms with van der Waals surface area (Å²) in [6.45, 7) is 8.76. The van der Waals surface area contributed by atoms with E-state index in [1.54, 1.807) is 0 Å². The fourth-order valence-corrected chi connectivity index (χ4v) is 4.29. The first-order valence-electron chi connectivity index (χ1n) is 10.4. The lowest BCUT2D eigenvalue weighted by atomic mass is 9.84. The monoisotopic (exact) mass is 372 g/mol. The molecule has 0 aromatic carbocycles. The third-order valence-corrected chi connectivity index (χ3v) is 5.96. The summed E-state index contributed by atoms with van der Waals surface area (Å²) in [4.78, 5) is 9.45. The van der Waals surface area contributed by atoms with Crippen LogP contribution in [0.3, 0.4) is 0 Å². The fraction of sp³-hybridized carbons (Fsp3) is 0.714. The van der Waals surface area contributed by atoms with Crippen molar-refractivity contribution in [2.75, 3.05) is 19.8 Å². The summed E-state index contributed by atoms with van der Waals surface area (Å²) in [6.07, 6.45) is 7.16. The molecule has 1 N–H and O–H groups in total. The van der Waals surface area contributed by atoms with Gasteiger partial charge in [-0.2, -0.15) is 0 Å². The zero-order valence-electron chi connectivity index (χ0n) is 16.6. The number of aryl methyl sites for hydroxylation is 1. The van der Waals surface area contributed by atoms with Crippen LogP contribution in [-0.2, 0) is 22.6 Å². The Balaban J connectivity index is 1.45. The Morgan fingerprint density at radius 1 is 1.30 bits per heavy atom. The Bertz CT molecular complexity index is 746.